The van der Waals surface area contributed by atoms with Crippen LogP contribution in [-0.2, 0) is 12.0 Å². The van der Waals surface area contributed by atoms with Crippen molar-refractivity contribution < 1.29 is 5.11 Å². The summed E-state index contributed by atoms with van der Waals surface area (Å²) >= 11 is 0. The van der Waals surface area contributed by atoms with Crippen LogP contribution in [0.2, 0.25) is 0 Å². The molecule has 0 unspecified atom stereocenters. The molecule has 0 fully saturated rings. The predicted molar refractivity (Wildman–Crippen MR) is 114 cm³/mol. The largest absolute Gasteiger partial charge is 0.380 e. The number of fused-ring (bicyclic) bond motifs is 1. The second kappa shape index (κ2) is 7.25. The van der Waals surface area contributed by atoms with E-state index in [2.05, 4.69) is 55.7 Å². The second-order valence-corrected chi connectivity index (χ2v) is 8.31. The molecular formula is C25H26N2O. The number of benzene rings is 3. The van der Waals surface area contributed by atoms with E-state index in [-0.39, 0.29) is 5.41 Å². The zero-order chi connectivity index (χ0) is 19.7. The minimum atomic E-state index is -0.762. The van der Waals surface area contributed by atoms with Gasteiger partial charge in [-0.05, 0) is 34.2 Å². The molecule has 142 valence electrons. The lowest BCUT2D eigenvalue weighted by atomic mass is 9.87. The van der Waals surface area contributed by atoms with E-state index < -0.39 is 6.10 Å². The summed E-state index contributed by atoms with van der Waals surface area (Å²) in [6, 6.07) is 26.5. The molecule has 4 rings (SSSR count). The molecule has 1 aromatic heterocycles. The third kappa shape index (κ3) is 3.58. The van der Waals surface area contributed by atoms with Crippen molar-refractivity contribution in [1.29, 1.82) is 0 Å². The average Bonchev–Trinajstić information content (AvgIpc) is 3.06. The molecule has 3 nitrogen and oxygen atoms in total. The summed E-state index contributed by atoms with van der Waals surface area (Å²) in [5.74, 6) is 0.673. The Hall–Kier alpha value is -2.91. The van der Waals surface area contributed by atoms with Gasteiger partial charge >= 0.3 is 0 Å². The number of aromatic nitrogens is 2. The van der Waals surface area contributed by atoms with Crippen molar-refractivity contribution in [1.82, 2.24) is 9.55 Å². The SMILES string of the molecule is CC(C)(C)c1ccc(Cn2c([C@H](O)c3ccccc3)nc3ccccc32)cc1. The van der Waals surface area contributed by atoms with E-state index >= 15 is 0 Å². The van der Waals surface area contributed by atoms with E-state index in [9.17, 15) is 5.11 Å². The van der Waals surface area contributed by atoms with Crippen LogP contribution in [0.4, 0.5) is 0 Å². The van der Waals surface area contributed by atoms with E-state index in [1.165, 1.54) is 11.1 Å². The number of hydrogen-bond donors (Lipinski definition) is 1. The molecule has 3 aromatic carbocycles. The smallest absolute Gasteiger partial charge is 0.143 e. The zero-order valence-electron chi connectivity index (χ0n) is 16.6. The number of aliphatic hydroxyl groups excluding tert-OH is 1. The fourth-order valence-electron chi connectivity index (χ4n) is 3.55. The van der Waals surface area contributed by atoms with Gasteiger partial charge in [-0.25, -0.2) is 4.98 Å². The molecule has 0 aliphatic heterocycles. The van der Waals surface area contributed by atoms with Gasteiger partial charge in [0.2, 0.25) is 0 Å². The van der Waals surface area contributed by atoms with E-state index in [4.69, 9.17) is 4.98 Å². The Balaban J connectivity index is 1.75. The summed E-state index contributed by atoms with van der Waals surface area (Å²) in [4.78, 5) is 4.75. The van der Waals surface area contributed by atoms with Crippen molar-refractivity contribution >= 4 is 11.0 Å². The van der Waals surface area contributed by atoms with Gasteiger partial charge in [-0.3, -0.25) is 0 Å². The Bertz CT molecular complexity index is 1070. The van der Waals surface area contributed by atoms with Crippen molar-refractivity contribution in [3.8, 4) is 0 Å². The maximum Gasteiger partial charge on any atom is 0.143 e. The minimum absolute atomic E-state index is 0.134. The maximum absolute atomic E-state index is 11.0. The number of para-hydroxylation sites is 2. The number of imidazole rings is 1. The Kier molecular flexibility index (Phi) is 4.78. The van der Waals surface area contributed by atoms with Crippen LogP contribution in [0.1, 0.15) is 49.4 Å². The lowest BCUT2D eigenvalue weighted by molar-refractivity contribution is 0.206. The third-order valence-corrected chi connectivity index (χ3v) is 5.20. The van der Waals surface area contributed by atoms with E-state index in [1.54, 1.807) is 0 Å². The van der Waals surface area contributed by atoms with Gasteiger partial charge < -0.3 is 9.67 Å². The highest BCUT2D eigenvalue weighted by atomic mass is 16.3. The molecule has 1 atom stereocenters. The highest BCUT2D eigenvalue weighted by molar-refractivity contribution is 5.76. The van der Waals surface area contributed by atoms with Gasteiger partial charge in [-0.2, -0.15) is 0 Å². The predicted octanol–water partition coefficient (Wildman–Crippen LogP) is 5.46. The first kappa shape index (κ1) is 18.5. The van der Waals surface area contributed by atoms with Gasteiger partial charge in [0.15, 0.2) is 0 Å². The van der Waals surface area contributed by atoms with Crippen LogP contribution in [-0.4, -0.2) is 14.7 Å². The van der Waals surface area contributed by atoms with Crippen molar-refractivity contribution in [3.63, 3.8) is 0 Å². The lowest BCUT2D eigenvalue weighted by Crippen LogP contribution is -2.12. The molecule has 0 saturated heterocycles. The van der Waals surface area contributed by atoms with Crippen LogP contribution in [0.3, 0.4) is 0 Å². The molecule has 0 spiro atoms. The molecular weight excluding hydrogens is 344 g/mol. The molecule has 4 aromatic rings. The number of rotatable bonds is 4. The highest BCUT2D eigenvalue weighted by Crippen LogP contribution is 2.27. The first-order chi connectivity index (χ1) is 13.4. The molecule has 0 aliphatic rings. The standard InChI is InChI=1S/C25H26N2O/c1-25(2,3)20-15-13-18(14-16-20)17-27-22-12-8-7-11-21(22)26-24(27)23(28)19-9-5-4-6-10-19/h4-16,23,28H,17H2,1-3H3/t23-/m1/s1. The molecule has 0 saturated carbocycles. The van der Waals surface area contributed by atoms with Crippen molar-refractivity contribution in [2.24, 2.45) is 0 Å². The first-order valence-corrected chi connectivity index (χ1v) is 9.71. The van der Waals surface area contributed by atoms with Crippen LogP contribution >= 0.6 is 0 Å². The summed E-state index contributed by atoms with van der Waals surface area (Å²) < 4.78 is 2.12. The molecule has 0 bridgehead atoms. The summed E-state index contributed by atoms with van der Waals surface area (Å²) in [6.45, 7) is 7.34. The Morgan fingerprint density at radius 2 is 1.50 bits per heavy atom. The molecule has 1 heterocycles. The van der Waals surface area contributed by atoms with Crippen LogP contribution in [0, 0.1) is 0 Å². The van der Waals surface area contributed by atoms with E-state index in [1.807, 2.05) is 48.5 Å². The van der Waals surface area contributed by atoms with Gasteiger partial charge in [0, 0.05) is 6.54 Å². The fourth-order valence-corrected chi connectivity index (χ4v) is 3.55. The Labute approximate surface area is 166 Å². The van der Waals surface area contributed by atoms with Crippen molar-refractivity contribution in [3.05, 3.63) is 101 Å². The lowest BCUT2D eigenvalue weighted by Gasteiger charge is -2.19. The Morgan fingerprint density at radius 3 is 2.18 bits per heavy atom. The van der Waals surface area contributed by atoms with Gasteiger partial charge in [0.1, 0.15) is 11.9 Å². The monoisotopic (exact) mass is 370 g/mol. The van der Waals surface area contributed by atoms with Crippen LogP contribution in [0.25, 0.3) is 11.0 Å². The summed E-state index contributed by atoms with van der Waals surface area (Å²) in [5.41, 5.74) is 5.43. The van der Waals surface area contributed by atoms with Gasteiger partial charge in [-0.15, -0.1) is 0 Å². The molecule has 0 radical (unpaired) electrons. The van der Waals surface area contributed by atoms with Gasteiger partial charge in [0.25, 0.3) is 0 Å². The van der Waals surface area contributed by atoms with E-state index in [0.717, 1.165) is 16.6 Å². The second-order valence-electron chi connectivity index (χ2n) is 8.31. The van der Waals surface area contributed by atoms with Crippen LogP contribution < -0.4 is 0 Å². The van der Waals surface area contributed by atoms with Crippen LogP contribution in [0.15, 0.2) is 78.9 Å². The first-order valence-electron chi connectivity index (χ1n) is 9.71. The molecule has 0 amide bonds. The molecule has 1 N–H and O–H groups in total. The quantitative estimate of drug-likeness (QED) is 0.518. The summed E-state index contributed by atoms with van der Waals surface area (Å²) in [7, 11) is 0. The molecule has 28 heavy (non-hydrogen) atoms. The van der Waals surface area contributed by atoms with Crippen molar-refractivity contribution in [2.75, 3.05) is 0 Å². The van der Waals surface area contributed by atoms with Crippen LogP contribution in [0.5, 0.6) is 0 Å². The summed E-state index contributed by atoms with van der Waals surface area (Å²) in [5, 5.41) is 11.0. The van der Waals surface area contributed by atoms with E-state index in [0.29, 0.717) is 12.4 Å². The highest BCUT2D eigenvalue weighted by Gasteiger charge is 2.20. The maximum atomic E-state index is 11.0. The number of hydrogen-bond acceptors (Lipinski definition) is 2. The average molecular weight is 370 g/mol. The van der Waals surface area contributed by atoms with Gasteiger partial charge in [-0.1, -0.05) is 87.5 Å². The molecule has 3 heteroatoms. The molecule has 0 aliphatic carbocycles. The summed E-state index contributed by atoms with van der Waals surface area (Å²) in [6.07, 6.45) is -0.762. The third-order valence-electron chi connectivity index (χ3n) is 5.20. The Morgan fingerprint density at radius 1 is 0.857 bits per heavy atom. The van der Waals surface area contributed by atoms with Gasteiger partial charge in [0.05, 0.1) is 11.0 Å². The minimum Gasteiger partial charge on any atom is -0.380 e. The fraction of sp³-hybridized carbons (Fsp3) is 0.240. The zero-order valence-corrected chi connectivity index (χ0v) is 16.6. The number of nitrogens with zero attached hydrogens (tertiary/aromatic N) is 2. The normalized spacial score (nSPS) is 13.0. The van der Waals surface area contributed by atoms with Crippen molar-refractivity contribution in [2.45, 2.75) is 38.8 Å². The topological polar surface area (TPSA) is 38.0 Å². The number of aliphatic hydroxyl groups is 1.